The maximum atomic E-state index is 12.8. The van der Waals surface area contributed by atoms with Gasteiger partial charge in [-0.2, -0.15) is 17.7 Å². The fourth-order valence-corrected chi connectivity index (χ4v) is 3.40. The summed E-state index contributed by atoms with van der Waals surface area (Å²) in [4.78, 5) is 16.4. The van der Waals surface area contributed by atoms with Crippen LogP contribution in [0.4, 0.5) is 18.9 Å². The molecule has 0 saturated carbocycles. The highest BCUT2D eigenvalue weighted by Crippen LogP contribution is 2.32. The van der Waals surface area contributed by atoms with Crippen LogP contribution in [-0.4, -0.2) is 20.5 Å². The second-order valence-electron chi connectivity index (χ2n) is 6.57. The molecule has 4 rings (SSSR count). The monoisotopic (exact) mass is 478 g/mol. The minimum absolute atomic E-state index is 0.0714. The van der Waals surface area contributed by atoms with E-state index in [4.69, 9.17) is 4.42 Å². The lowest BCUT2D eigenvalue weighted by molar-refractivity contribution is -0.137. The minimum Gasteiger partial charge on any atom is -0.417 e. The summed E-state index contributed by atoms with van der Waals surface area (Å²) < 4.78 is 45.7. The van der Waals surface area contributed by atoms with Gasteiger partial charge in [0, 0.05) is 15.7 Å². The number of alkyl halides is 3. The van der Waals surface area contributed by atoms with Crippen molar-refractivity contribution in [3.05, 3.63) is 70.1 Å². The van der Waals surface area contributed by atoms with Crippen molar-refractivity contribution >= 4 is 33.2 Å². The van der Waals surface area contributed by atoms with Crippen LogP contribution < -0.4 is 5.32 Å². The highest BCUT2D eigenvalue weighted by molar-refractivity contribution is 9.10. The van der Waals surface area contributed by atoms with E-state index in [9.17, 15) is 18.0 Å². The van der Waals surface area contributed by atoms with Crippen LogP contribution >= 0.6 is 15.9 Å². The summed E-state index contributed by atoms with van der Waals surface area (Å²) in [5.41, 5.74) is 1.48. The van der Waals surface area contributed by atoms with Gasteiger partial charge in [0.2, 0.25) is 17.5 Å². The number of fused-ring (bicyclic) bond motifs is 1. The average Bonchev–Trinajstić information content (AvgIpc) is 3.25. The zero-order valence-corrected chi connectivity index (χ0v) is 17.1. The van der Waals surface area contributed by atoms with E-state index in [0.717, 1.165) is 17.7 Å². The Morgan fingerprint density at radius 2 is 1.93 bits per heavy atom. The van der Waals surface area contributed by atoms with Crippen LogP contribution in [0.2, 0.25) is 0 Å². The van der Waals surface area contributed by atoms with Gasteiger partial charge in [-0.15, -0.1) is 5.10 Å². The van der Waals surface area contributed by atoms with Gasteiger partial charge in [0.25, 0.3) is 0 Å². The summed E-state index contributed by atoms with van der Waals surface area (Å²) in [6.45, 7) is 1.81. The van der Waals surface area contributed by atoms with Gasteiger partial charge in [-0.1, -0.05) is 22.0 Å². The summed E-state index contributed by atoms with van der Waals surface area (Å²) in [5, 5.41) is 7.06. The molecule has 0 bridgehead atoms. The molecule has 0 aliphatic carbocycles. The molecule has 0 fully saturated rings. The number of amides is 1. The van der Waals surface area contributed by atoms with E-state index in [-0.39, 0.29) is 16.8 Å². The molecule has 2 heterocycles. The van der Waals surface area contributed by atoms with Crippen LogP contribution in [0.3, 0.4) is 0 Å². The van der Waals surface area contributed by atoms with Gasteiger partial charge in [-0.05, 0) is 48.9 Å². The Balaban J connectivity index is 1.43. The van der Waals surface area contributed by atoms with E-state index in [1.807, 2.05) is 6.92 Å². The fraction of sp³-hybridized carbons (Fsp3) is 0.150. The van der Waals surface area contributed by atoms with Crippen LogP contribution in [-0.2, 0) is 17.4 Å². The maximum Gasteiger partial charge on any atom is 0.416 e. The van der Waals surface area contributed by atoms with E-state index >= 15 is 0 Å². The molecule has 0 unspecified atom stereocenters. The number of carbonyl (C=O) groups is 1. The second kappa shape index (κ2) is 7.60. The van der Waals surface area contributed by atoms with Crippen molar-refractivity contribution in [2.75, 3.05) is 5.32 Å². The number of anilines is 1. The number of halogens is 4. The van der Waals surface area contributed by atoms with Crippen LogP contribution in [0, 0.1) is 6.92 Å². The van der Waals surface area contributed by atoms with E-state index in [1.54, 1.807) is 35.0 Å². The highest BCUT2D eigenvalue weighted by Gasteiger charge is 2.30. The van der Waals surface area contributed by atoms with E-state index in [0.29, 0.717) is 28.7 Å². The Labute approximate surface area is 176 Å². The van der Waals surface area contributed by atoms with Crippen molar-refractivity contribution in [1.29, 1.82) is 0 Å². The number of rotatable bonds is 4. The van der Waals surface area contributed by atoms with Crippen molar-refractivity contribution < 1.29 is 22.4 Å². The largest absolute Gasteiger partial charge is 0.417 e. The number of nitrogens with zero attached hydrogens (tertiary/aromatic N) is 3. The lowest BCUT2D eigenvalue weighted by atomic mass is 10.1. The topological polar surface area (TPSA) is 72.4 Å². The molecule has 10 heteroatoms. The van der Waals surface area contributed by atoms with Crippen LogP contribution in [0.5, 0.6) is 0 Å². The Hall–Kier alpha value is -3.14. The van der Waals surface area contributed by atoms with Crippen LogP contribution in [0.15, 0.2) is 57.6 Å². The number of hydrogen-bond acceptors (Lipinski definition) is 4. The number of imidazole rings is 1. The summed E-state index contributed by atoms with van der Waals surface area (Å²) in [6.07, 6.45) is -2.92. The normalized spacial score (nSPS) is 11.8. The molecule has 0 spiro atoms. The smallest absolute Gasteiger partial charge is 0.416 e. The molecule has 1 amide bonds. The van der Waals surface area contributed by atoms with Gasteiger partial charge >= 0.3 is 6.18 Å². The number of aromatic nitrogens is 3. The SMILES string of the molecule is Cc1ncc2oc(-c3ccc(NC(=O)Cc4ccc(C(F)(F)F)cc4Br)cc3)nn12. The Bertz CT molecular complexity index is 1230. The Morgan fingerprint density at radius 3 is 2.57 bits per heavy atom. The van der Waals surface area contributed by atoms with E-state index in [2.05, 4.69) is 31.3 Å². The van der Waals surface area contributed by atoms with Crippen molar-refractivity contribution in [2.24, 2.45) is 0 Å². The second-order valence-corrected chi connectivity index (χ2v) is 7.42. The number of benzene rings is 2. The van der Waals surface area contributed by atoms with Crippen molar-refractivity contribution in [3.8, 4) is 11.5 Å². The maximum absolute atomic E-state index is 12.8. The van der Waals surface area contributed by atoms with E-state index < -0.39 is 11.7 Å². The lowest BCUT2D eigenvalue weighted by Crippen LogP contribution is -2.15. The van der Waals surface area contributed by atoms with Crippen molar-refractivity contribution in [1.82, 2.24) is 14.6 Å². The molecule has 0 saturated heterocycles. The zero-order chi connectivity index (χ0) is 21.5. The van der Waals surface area contributed by atoms with Gasteiger partial charge in [0.1, 0.15) is 5.82 Å². The highest BCUT2D eigenvalue weighted by atomic mass is 79.9. The first-order valence-corrected chi connectivity index (χ1v) is 9.57. The minimum atomic E-state index is -4.43. The van der Waals surface area contributed by atoms with Crippen LogP contribution in [0.1, 0.15) is 17.0 Å². The molecule has 0 aliphatic heterocycles. The van der Waals surface area contributed by atoms with Gasteiger partial charge in [-0.25, -0.2) is 4.98 Å². The zero-order valence-electron chi connectivity index (χ0n) is 15.5. The Morgan fingerprint density at radius 1 is 1.20 bits per heavy atom. The molecule has 154 valence electrons. The number of carbonyl (C=O) groups excluding carboxylic acids is 1. The van der Waals surface area contributed by atoms with Crippen LogP contribution in [0.25, 0.3) is 17.2 Å². The average molecular weight is 479 g/mol. The van der Waals surface area contributed by atoms with E-state index in [1.165, 1.54) is 6.07 Å². The third kappa shape index (κ3) is 4.09. The molecule has 2 aromatic carbocycles. The number of nitrogens with one attached hydrogen (secondary N) is 1. The van der Waals surface area contributed by atoms with Gasteiger partial charge in [0.05, 0.1) is 18.2 Å². The first-order chi connectivity index (χ1) is 14.2. The molecule has 1 N–H and O–H groups in total. The van der Waals surface area contributed by atoms with Crippen molar-refractivity contribution in [2.45, 2.75) is 19.5 Å². The third-order valence-corrected chi connectivity index (χ3v) is 5.15. The summed E-state index contributed by atoms with van der Waals surface area (Å²) in [5.74, 6) is 0.774. The third-order valence-electron chi connectivity index (χ3n) is 4.42. The molecular weight excluding hydrogens is 465 g/mol. The first-order valence-electron chi connectivity index (χ1n) is 8.78. The summed E-state index contributed by atoms with van der Waals surface area (Å²) >= 11 is 3.10. The molecule has 2 aromatic heterocycles. The molecular formula is C20H14BrF3N4O2. The summed E-state index contributed by atoms with van der Waals surface area (Å²) in [7, 11) is 0. The fourth-order valence-electron chi connectivity index (χ4n) is 2.88. The van der Waals surface area contributed by atoms with Gasteiger partial charge < -0.3 is 9.73 Å². The molecule has 4 aromatic rings. The lowest BCUT2D eigenvalue weighted by Gasteiger charge is -2.10. The predicted octanol–water partition coefficient (Wildman–Crippen LogP) is 5.26. The Kier molecular flexibility index (Phi) is 5.10. The molecule has 0 atom stereocenters. The standard InChI is InChI=1S/C20H14BrF3N4O2/c1-11-25-10-18-28(11)27-19(30-18)12-3-6-15(7-4-12)26-17(29)8-13-2-5-14(9-16(13)21)20(22,23)24/h2-7,9-10H,8H2,1H3,(H,26,29). The molecule has 0 aliphatic rings. The van der Waals surface area contributed by atoms with Gasteiger partial charge in [-0.3, -0.25) is 4.79 Å². The molecule has 0 radical (unpaired) electrons. The predicted molar refractivity (Wildman–Crippen MR) is 107 cm³/mol. The molecule has 30 heavy (non-hydrogen) atoms. The summed E-state index contributed by atoms with van der Waals surface area (Å²) in [6, 6.07) is 10.1. The molecule has 6 nitrogen and oxygen atoms in total. The first kappa shape index (κ1) is 20.1. The van der Waals surface area contributed by atoms with Gasteiger partial charge in [0.15, 0.2) is 0 Å². The quantitative estimate of drug-likeness (QED) is 0.434. The number of aryl methyl sites for hydroxylation is 1. The number of hydrogen-bond donors (Lipinski definition) is 1. The van der Waals surface area contributed by atoms with Crippen molar-refractivity contribution in [3.63, 3.8) is 0 Å².